The van der Waals surface area contributed by atoms with Crippen LogP contribution >= 0.6 is 11.8 Å². The highest BCUT2D eigenvalue weighted by Crippen LogP contribution is 2.35. The number of nitrogens with zero attached hydrogens (tertiary/aromatic N) is 1. The first kappa shape index (κ1) is 12.7. The van der Waals surface area contributed by atoms with E-state index < -0.39 is 11.2 Å². The number of carboxylic acids is 1. The van der Waals surface area contributed by atoms with Crippen molar-refractivity contribution in [2.75, 3.05) is 0 Å². The third kappa shape index (κ3) is 2.53. The van der Waals surface area contributed by atoms with Gasteiger partial charge in [0.2, 0.25) is 0 Å². The summed E-state index contributed by atoms with van der Waals surface area (Å²) in [6.07, 6.45) is 0. The molecule has 0 unspecified atom stereocenters. The third-order valence-corrected chi connectivity index (χ3v) is 3.89. The minimum absolute atomic E-state index is 0.323. The second kappa shape index (κ2) is 5.38. The van der Waals surface area contributed by atoms with E-state index >= 15 is 0 Å². The first-order valence-corrected chi connectivity index (χ1v) is 6.90. The standard InChI is InChI=1S/C15H11NO3S/c17-14(18)13(10-6-2-1-3-7-10)20-15-16-11-8-4-5-9-12(11)19-15/h1-9,13H,(H,17,18)/p-1/t13-/m0/s1. The second-order valence-electron chi connectivity index (χ2n) is 4.18. The highest BCUT2D eigenvalue weighted by Gasteiger charge is 2.18. The fourth-order valence-electron chi connectivity index (χ4n) is 1.88. The van der Waals surface area contributed by atoms with Gasteiger partial charge in [-0.3, -0.25) is 0 Å². The van der Waals surface area contributed by atoms with E-state index in [4.69, 9.17) is 4.42 Å². The van der Waals surface area contributed by atoms with Crippen LogP contribution in [0.1, 0.15) is 10.8 Å². The Morgan fingerprint density at radius 3 is 2.50 bits per heavy atom. The Labute approximate surface area is 119 Å². The van der Waals surface area contributed by atoms with Gasteiger partial charge in [-0.05, 0) is 17.7 Å². The Hall–Kier alpha value is -2.27. The summed E-state index contributed by atoms with van der Waals surface area (Å²) in [5.41, 5.74) is 2.00. The number of aromatic nitrogens is 1. The maximum Gasteiger partial charge on any atom is 0.257 e. The summed E-state index contributed by atoms with van der Waals surface area (Å²) in [7, 11) is 0. The lowest BCUT2D eigenvalue weighted by Crippen LogP contribution is -2.28. The van der Waals surface area contributed by atoms with Gasteiger partial charge in [-0.2, -0.15) is 0 Å². The quantitative estimate of drug-likeness (QED) is 0.688. The zero-order chi connectivity index (χ0) is 13.9. The molecule has 3 aromatic rings. The van der Waals surface area contributed by atoms with Gasteiger partial charge in [-0.15, -0.1) is 0 Å². The van der Waals surface area contributed by atoms with E-state index in [0.29, 0.717) is 21.9 Å². The van der Waals surface area contributed by atoms with E-state index in [2.05, 4.69) is 4.98 Å². The molecule has 0 N–H and O–H groups in total. The number of carbonyl (C=O) groups excluding carboxylic acids is 1. The van der Waals surface area contributed by atoms with Crippen molar-refractivity contribution in [2.45, 2.75) is 10.5 Å². The van der Waals surface area contributed by atoms with Gasteiger partial charge in [-0.25, -0.2) is 4.98 Å². The van der Waals surface area contributed by atoms with Gasteiger partial charge >= 0.3 is 0 Å². The van der Waals surface area contributed by atoms with E-state index in [1.165, 1.54) is 0 Å². The van der Waals surface area contributed by atoms with Crippen LogP contribution in [0.3, 0.4) is 0 Å². The summed E-state index contributed by atoms with van der Waals surface area (Å²) in [4.78, 5) is 15.6. The molecule has 0 aliphatic rings. The number of hydrogen-bond acceptors (Lipinski definition) is 5. The number of thioether (sulfide) groups is 1. The molecule has 20 heavy (non-hydrogen) atoms. The Morgan fingerprint density at radius 1 is 1.10 bits per heavy atom. The van der Waals surface area contributed by atoms with Crippen LogP contribution in [0.25, 0.3) is 11.1 Å². The minimum atomic E-state index is -1.16. The molecule has 3 rings (SSSR count). The van der Waals surface area contributed by atoms with Crippen molar-refractivity contribution < 1.29 is 14.3 Å². The summed E-state index contributed by atoms with van der Waals surface area (Å²) in [6, 6.07) is 16.2. The van der Waals surface area contributed by atoms with E-state index in [1.807, 2.05) is 24.3 Å². The molecular formula is C15H10NO3S-. The van der Waals surface area contributed by atoms with Crippen molar-refractivity contribution in [2.24, 2.45) is 0 Å². The number of carbonyl (C=O) groups is 1. The molecule has 1 heterocycles. The lowest BCUT2D eigenvalue weighted by Gasteiger charge is -2.15. The number of carboxylic acid groups (broad SMARTS) is 1. The Balaban J connectivity index is 1.92. The van der Waals surface area contributed by atoms with Crippen molar-refractivity contribution in [3.05, 3.63) is 60.2 Å². The monoisotopic (exact) mass is 284 g/mol. The van der Waals surface area contributed by atoms with Crippen LogP contribution in [-0.4, -0.2) is 11.0 Å². The van der Waals surface area contributed by atoms with Crippen LogP contribution in [0.2, 0.25) is 0 Å². The van der Waals surface area contributed by atoms with Crippen molar-refractivity contribution in [1.29, 1.82) is 0 Å². The molecule has 0 aliphatic heterocycles. The Morgan fingerprint density at radius 2 is 1.80 bits per heavy atom. The molecule has 0 amide bonds. The summed E-state index contributed by atoms with van der Waals surface area (Å²) in [5, 5.41) is 10.8. The molecule has 1 atom stereocenters. The van der Waals surface area contributed by atoms with E-state index in [-0.39, 0.29) is 0 Å². The van der Waals surface area contributed by atoms with Crippen LogP contribution in [-0.2, 0) is 4.79 Å². The van der Waals surface area contributed by atoms with Crippen molar-refractivity contribution in [1.82, 2.24) is 4.98 Å². The summed E-state index contributed by atoms with van der Waals surface area (Å²) < 4.78 is 5.53. The largest absolute Gasteiger partial charge is 0.549 e. The lowest BCUT2D eigenvalue weighted by molar-refractivity contribution is -0.305. The molecule has 0 spiro atoms. The first-order chi connectivity index (χ1) is 9.74. The second-order valence-corrected chi connectivity index (χ2v) is 5.23. The zero-order valence-corrected chi connectivity index (χ0v) is 11.2. The van der Waals surface area contributed by atoms with E-state index in [0.717, 1.165) is 11.8 Å². The SMILES string of the molecule is O=C([O-])[C@@H](Sc1nc2ccccc2o1)c1ccccc1. The van der Waals surface area contributed by atoms with Crippen LogP contribution in [0.4, 0.5) is 0 Å². The van der Waals surface area contributed by atoms with Gasteiger partial charge in [0.1, 0.15) is 5.52 Å². The molecule has 5 heteroatoms. The maximum atomic E-state index is 11.3. The highest BCUT2D eigenvalue weighted by atomic mass is 32.2. The van der Waals surface area contributed by atoms with Crippen molar-refractivity contribution >= 4 is 28.8 Å². The van der Waals surface area contributed by atoms with Gasteiger partial charge in [0.25, 0.3) is 5.22 Å². The van der Waals surface area contributed by atoms with Gasteiger partial charge in [0, 0.05) is 0 Å². The molecule has 4 nitrogen and oxygen atoms in total. The number of hydrogen-bond donors (Lipinski definition) is 0. The number of aliphatic carboxylic acids is 1. The summed E-state index contributed by atoms with van der Waals surface area (Å²) in [6.45, 7) is 0. The van der Waals surface area contributed by atoms with E-state index in [9.17, 15) is 9.90 Å². The Kier molecular flexibility index (Phi) is 3.43. The smallest absolute Gasteiger partial charge is 0.257 e. The average molecular weight is 284 g/mol. The fraction of sp³-hybridized carbons (Fsp3) is 0.0667. The number of rotatable bonds is 4. The topological polar surface area (TPSA) is 66.2 Å². The number of fused-ring (bicyclic) bond motifs is 1. The maximum absolute atomic E-state index is 11.3. The number of benzene rings is 2. The van der Waals surface area contributed by atoms with Gasteiger partial charge in [0.15, 0.2) is 5.58 Å². The van der Waals surface area contributed by atoms with Gasteiger partial charge < -0.3 is 14.3 Å². The van der Waals surface area contributed by atoms with Crippen LogP contribution in [0.5, 0.6) is 0 Å². The van der Waals surface area contributed by atoms with Crippen molar-refractivity contribution in [3.63, 3.8) is 0 Å². The summed E-state index contributed by atoms with van der Waals surface area (Å²) >= 11 is 1.04. The number of oxazole rings is 1. The molecule has 0 aliphatic carbocycles. The Bertz CT molecular complexity index is 706. The van der Waals surface area contributed by atoms with Gasteiger partial charge in [0.05, 0.1) is 11.2 Å². The average Bonchev–Trinajstić information content (AvgIpc) is 2.88. The minimum Gasteiger partial charge on any atom is -0.549 e. The lowest BCUT2D eigenvalue weighted by atomic mass is 10.1. The molecule has 0 saturated heterocycles. The zero-order valence-electron chi connectivity index (χ0n) is 10.4. The predicted octanol–water partition coefficient (Wildman–Crippen LogP) is 2.41. The molecule has 2 aromatic carbocycles. The van der Waals surface area contributed by atoms with E-state index in [1.54, 1.807) is 30.3 Å². The molecule has 0 bridgehead atoms. The first-order valence-electron chi connectivity index (χ1n) is 6.02. The molecule has 0 radical (unpaired) electrons. The number of para-hydroxylation sites is 2. The molecular weight excluding hydrogens is 274 g/mol. The molecule has 0 saturated carbocycles. The van der Waals surface area contributed by atoms with Crippen molar-refractivity contribution in [3.8, 4) is 0 Å². The van der Waals surface area contributed by atoms with Crippen LogP contribution in [0.15, 0.2) is 64.2 Å². The van der Waals surface area contributed by atoms with Gasteiger partial charge in [-0.1, -0.05) is 54.2 Å². The normalized spacial score (nSPS) is 12.4. The van der Waals surface area contributed by atoms with Crippen LogP contribution in [0, 0.1) is 0 Å². The third-order valence-electron chi connectivity index (χ3n) is 2.81. The summed E-state index contributed by atoms with van der Waals surface area (Å²) in [5.74, 6) is -1.16. The molecule has 100 valence electrons. The van der Waals surface area contributed by atoms with Crippen LogP contribution < -0.4 is 5.11 Å². The highest BCUT2D eigenvalue weighted by molar-refractivity contribution is 8.00. The predicted molar refractivity (Wildman–Crippen MR) is 74.1 cm³/mol. The fourth-order valence-corrected chi connectivity index (χ4v) is 2.76. The molecule has 1 aromatic heterocycles. The molecule has 0 fully saturated rings.